The van der Waals surface area contributed by atoms with Crippen LogP contribution >= 0.6 is 0 Å². The molecule has 0 aliphatic carbocycles. The summed E-state index contributed by atoms with van der Waals surface area (Å²) in [7, 11) is 6.10. The number of rotatable bonds is 6. The minimum Gasteiger partial charge on any atom is -0.357 e. The number of fused-ring (bicyclic) bond motifs is 1. The second kappa shape index (κ2) is 7.92. The van der Waals surface area contributed by atoms with Crippen molar-refractivity contribution in [1.82, 2.24) is 29.5 Å². The first-order valence-corrected chi connectivity index (χ1v) is 9.31. The fourth-order valence-electron chi connectivity index (χ4n) is 3.06. The highest BCUT2D eigenvalue weighted by atomic mass is 19.1. The van der Waals surface area contributed by atoms with Crippen molar-refractivity contribution in [3.8, 4) is 22.6 Å². The monoisotopic (exact) mass is 391 g/mol. The molecule has 0 unspecified atom stereocenters. The molecule has 0 amide bonds. The molecule has 0 saturated heterocycles. The lowest BCUT2D eigenvalue weighted by Crippen LogP contribution is -2.29. The van der Waals surface area contributed by atoms with Gasteiger partial charge in [-0.25, -0.2) is 23.9 Å². The second-order valence-corrected chi connectivity index (χ2v) is 7.10. The van der Waals surface area contributed by atoms with Crippen molar-refractivity contribution in [2.45, 2.75) is 0 Å². The number of aromatic nitrogens is 5. The summed E-state index contributed by atoms with van der Waals surface area (Å²) >= 11 is 0. The first-order valence-electron chi connectivity index (χ1n) is 9.31. The van der Waals surface area contributed by atoms with Gasteiger partial charge in [-0.1, -0.05) is 0 Å². The molecule has 3 aromatic heterocycles. The normalized spacial score (nSPS) is 11.3. The molecule has 29 heavy (non-hydrogen) atoms. The summed E-state index contributed by atoms with van der Waals surface area (Å²) in [5.74, 6) is 0.543. The van der Waals surface area contributed by atoms with E-state index >= 15 is 0 Å². The van der Waals surface area contributed by atoms with Crippen molar-refractivity contribution < 1.29 is 4.39 Å². The number of hydrogen-bond donors (Lipinski definition) is 0. The standard InChI is InChI=1S/C21H22FN7/c1-27(2)12-13-28(3)19-9-8-18-25-20(15-4-6-16(22)7-5-15)21(29(18)26-19)17-10-11-23-14-24-17/h4-11,14H,12-13H2,1-3H3. The lowest BCUT2D eigenvalue weighted by Gasteiger charge is -2.20. The Morgan fingerprint density at radius 2 is 1.76 bits per heavy atom. The van der Waals surface area contributed by atoms with Crippen LogP contribution in [0.15, 0.2) is 55.0 Å². The summed E-state index contributed by atoms with van der Waals surface area (Å²) < 4.78 is 15.2. The highest BCUT2D eigenvalue weighted by Crippen LogP contribution is 2.31. The quantitative estimate of drug-likeness (QED) is 0.504. The van der Waals surface area contributed by atoms with E-state index in [1.807, 2.05) is 39.3 Å². The molecule has 148 valence electrons. The molecule has 4 rings (SSSR count). The van der Waals surface area contributed by atoms with Crippen molar-refractivity contribution in [3.05, 3.63) is 60.8 Å². The molecule has 1 aromatic carbocycles. The van der Waals surface area contributed by atoms with Gasteiger partial charge in [-0.3, -0.25) is 0 Å². The van der Waals surface area contributed by atoms with Gasteiger partial charge >= 0.3 is 0 Å². The van der Waals surface area contributed by atoms with Crippen molar-refractivity contribution >= 4 is 11.5 Å². The van der Waals surface area contributed by atoms with E-state index in [1.54, 1.807) is 22.8 Å². The summed E-state index contributed by atoms with van der Waals surface area (Å²) in [5.41, 5.74) is 3.64. The summed E-state index contributed by atoms with van der Waals surface area (Å²) in [4.78, 5) is 17.4. The number of benzene rings is 1. The molecule has 0 aliphatic heterocycles. The highest BCUT2D eigenvalue weighted by molar-refractivity contribution is 5.80. The molecule has 0 fully saturated rings. The minimum absolute atomic E-state index is 0.288. The van der Waals surface area contributed by atoms with E-state index in [9.17, 15) is 4.39 Å². The Hall–Kier alpha value is -3.39. The molecule has 0 atom stereocenters. The van der Waals surface area contributed by atoms with E-state index in [0.29, 0.717) is 17.0 Å². The number of nitrogens with zero attached hydrogens (tertiary/aromatic N) is 7. The van der Waals surface area contributed by atoms with Gasteiger partial charge in [0, 0.05) is 31.9 Å². The smallest absolute Gasteiger partial charge is 0.155 e. The number of imidazole rings is 1. The maximum Gasteiger partial charge on any atom is 0.155 e. The number of hydrogen-bond acceptors (Lipinski definition) is 6. The first kappa shape index (κ1) is 18.9. The van der Waals surface area contributed by atoms with Crippen molar-refractivity contribution in [1.29, 1.82) is 0 Å². The average molecular weight is 391 g/mol. The Morgan fingerprint density at radius 1 is 0.966 bits per heavy atom. The molecule has 4 aromatic rings. The van der Waals surface area contributed by atoms with E-state index in [2.05, 4.69) is 19.8 Å². The zero-order chi connectivity index (χ0) is 20.4. The lowest BCUT2D eigenvalue weighted by atomic mass is 10.1. The van der Waals surface area contributed by atoms with Crippen LogP contribution in [0.4, 0.5) is 10.2 Å². The Bertz CT molecular complexity index is 1110. The fourth-order valence-corrected chi connectivity index (χ4v) is 3.06. The first-order chi connectivity index (χ1) is 14.0. The number of anilines is 1. The maximum absolute atomic E-state index is 13.4. The Labute approximate surface area is 168 Å². The predicted octanol–water partition coefficient (Wildman–Crippen LogP) is 2.99. The molecule has 0 spiro atoms. The van der Waals surface area contributed by atoms with E-state index in [-0.39, 0.29) is 5.82 Å². The van der Waals surface area contributed by atoms with Crippen molar-refractivity contribution in [2.24, 2.45) is 0 Å². The van der Waals surface area contributed by atoms with E-state index in [0.717, 1.165) is 30.2 Å². The van der Waals surface area contributed by atoms with Crippen LogP contribution in [0.3, 0.4) is 0 Å². The summed E-state index contributed by atoms with van der Waals surface area (Å²) in [5, 5.41) is 4.82. The summed E-state index contributed by atoms with van der Waals surface area (Å²) in [6.45, 7) is 1.76. The van der Waals surface area contributed by atoms with Crippen LogP contribution in [0.1, 0.15) is 0 Å². The lowest BCUT2D eigenvalue weighted by molar-refractivity contribution is 0.416. The van der Waals surface area contributed by atoms with E-state index in [4.69, 9.17) is 10.1 Å². The van der Waals surface area contributed by atoms with Gasteiger partial charge < -0.3 is 9.80 Å². The second-order valence-electron chi connectivity index (χ2n) is 7.10. The van der Waals surface area contributed by atoms with Crippen LogP contribution in [0.5, 0.6) is 0 Å². The molecular formula is C21H22FN7. The molecule has 0 saturated carbocycles. The predicted molar refractivity (Wildman–Crippen MR) is 111 cm³/mol. The van der Waals surface area contributed by atoms with Crippen LogP contribution in [0, 0.1) is 5.82 Å². The third-order valence-corrected chi connectivity index (χ3v) is 4.68. The molecule has 0 radical (unpaired) electrons. The van der Waals surface area contributed by atoms with Crippen molar-refractivity contribution in [3.63, 3.8) is 0 Å². The third kappa shape index (κ3) is 3.93. The largest absolute Gasteiger partial charge is 0.357 e. The Kier molecular flexibility index (Phi) is 5.18. The van der Waals surface area contributed by atoms with Gasteiger partial charge in [-0.2, -0.15) is 0 Å². The zero-order valence-electron chi connectivity index (χ0n) is 16.6. The van der Waals surface area contributed by atoms with Gasteiger partial charge in [-0.15, -0.1) is 5.10 Å². The van der Waals surface area contributed by atoms with Crippen LogP contribution in [0.2, 0.25) is 0 Å². The summed E-state index contributed by atoms with van der Waals surface area (Å²) in [6.07, 6.45) is 3.18. The van der Waals surface area contributed by atoms with E-state index in [1.165, 1.54) is 18.5 Å². The van der Waals surface area contributed by atoms with Crippen LogP contribution in [-0.2, 0) is 0 Å². The van der Waals surface area contributed by atoms with Crippen LogP contribution in [0.25, 0.3) is 28.3 Å². The SMILES string of the molecule is CN(C)CCN(C)c1ccc2nc(-c3ccc(F)cc3)c(-c3ccncn3)n2n1. The number of halogens is 1. The summed E-state index contributed by atoms with van der Waals surface area (Å²) in [6, 6.07) is 12.0. The van der Waals surface area contributed by atoms with Crippen LogP contribution < -0.4 is 4.90 Å². The Balaban J connectivity index is 1.86. The van der Waals surface area contributed by atoms with Gasteiger partial charge in [-0.05, 0) is 56.6 Å². The minimum atomic E-state index is -0.288. The van der Waals surface area contributed by atoms with Crippen LogP contribution in [-0.4, -0.2) is 63.7 Å². The fraction of sp³-hybridized carbons (Fsp3) is 0.238. The van der Waals surface area contributed by atoms with Gasteiger partial charge in [0.2, 0.25) is 0 Å². The molecule has 0 bridgehead atoms. The molecule has 3 heterocycles. The van der Waals surface area contributed by atoms with Gasteiger partial charge in [0.1, 0.15) is 29.4 Å². The van der Waals surface area contributed by atoms with Gasteiger partial charge in [0.25, 0.3) is 0 Å². The van der Waals surface area contributed by atoms with E-state index < -0.39 is 0 Å². The number of likely N-dealkylation sites (N-methyl/N-ethyl adjacent to an activating group) is 2. The topological polar surface area (TPSA) is 62.5 Å². The third-order valence-electron chi connectivity index (χ3n) is 4.68. The molecule has 7 nitrogen and oxygen atoms in total. The van der Waals surface area contributed by atoms with Crippen molar-refractivity contribution in [2.75, 3.05) is 39.1 Å². The molecule has 8 heteroatoms. The molecular weight excluding hydrogens is 369 g/mol. The highest BCUT2D eigenvalue weighted by Gasteiger charge is 2.19. The maximum atomic E-state index is 13.4. The molecule has 0 N–H and O–H groups in total. The zero-order valence-corrected chi connectivity index (χ0v) is 16.6. The molecule has 0 aliphatic rings. The van der Waals surface area contributed by atoms with Gasteiger partial charge in [0.05, 0.1) is 5.69 Å². The average Bonchev–Trinajstić information content (AvgIpc) is 3.11. The Morgan fingerprint density at radius 3 is 2.45 bits per heavy atom. The van der Waals surface area contributed by atoms with Gasteiger partial charge in [0.15, 0.2) is 5.65 Å².